The van der Waals surface area contributed by atoms with Crippen molar-refractivity contribution in [2.75, 3.05) is 12.9 Å². The maximum absolute atomic E-state index is 11.8. The molecule has 0 saturated heterocycles. The second kappa shape index (κ2) is 7.35. The minimum Gasteiger partial charge on any atom is -0.461 e. The summed E-state index contributed by atoms with van der Waals surface area (Å²) in [5.74, 6) is 2.68. The SMILES string of the molecule is C=S(C)(=O)O/N=C(\Sc1ccc(C)cc1)C(=O)OCC. The average Bonchev–Trinajstić information content (AvgIpc) is 2.36. The van der Waals surface area contributed by atoms with E-state index in [4.69, 9.17) is 9.02 Å². The van der Waals surface area contributed by atoms with Gasteiger partial charge in [0.25, 0.3) is 0 Å². The number of esters is 1. The van der Waals surface area contributed by atoms with E-state index in [2.05, 4.69) is 11.0 Å². The Hall–Kier alpha value is -1.47. The number of aryl methyl sites for hydroxylation is 1. The maximum atomic E-state index is 11.8. The fourth-order valence-corrected chi connectivity index (χ4v) is 2.11. The Labute approximate surface area is 123 Å². The second-order valence-electron chi connectivity index (χ2n) is 4.03. The van der Waals surface area contributed by atoms with Gasteiger partial charge in [0.1, 0.15) is 9.80 Å². The largest absolute Gasteiger partial charge is 0.461 e. The van der Waals surface area contributed by atoms with Gasteiger partial charge in [-0.15, -0.1) is 0 Å². The number of ether oxygens (including phenoxy) is 1. The lowest BCUT2D eigenvalue weighted by atomic mass is 10.2. The van der Waals surface area contributed by atoms with Crippen LogP contribution < -0.4 is 0 Å². The normalized spacial score (nSPS) is 14.4. The molecule has 0 aromatic heterocycles. The average molecular weight is 315 g/mol. The van der Waals surface area contributed by atoms with Gasteiger partial charge in [0.15, 0.2) is 0 Å². The van der Waals surface area contributed by atoms with Gasteiger partial charge in [-0.05, 0) is 31.9 Å². The molecule has 0 bridgehead atoms. The molecule has 20 heavy (non-hydrogen) atoms. The molecule has 110 valence electrons. The second-order valence-corrected chi connectivity index (χ2v) is 7.10. The number of carbonyl (C=O) groups is 1. The van der Waals surface area contributed by atoms with Gasteiger partial charge in [0, 0.05) is 11.2 Å². The number of benzene rings is 1. The van der Waals surface area contributed by atoms with Crippen molar-refractivity contribution in [3.8, 4) is 0 Å². The Balaban J connectivity index is 2.92. The summed E-state index contributed by atoms with van der Waals surface area (Å²) in [6, 6.07) is 7.52. The van der Waals surface area contributed by atoms with Crippen molar-refractivity contribution < 1.29 is 18.0 Å². The number of carbonyl (C=O) groups excluding carboxylic acids is 1. The molecule has 0 aliphatic carbocycles. The van der Waals surface area contributed by atoms with Crippen LogP contribution in [0.3, 0.4) is 0 Å². The van der Waals surface area contributed by atoms with Crippen molar-refractivity contribution in [1.29, 1.82) is 0 Å². The molecule has 0 aliphatic heterocycles. The summed E-state index contributed by atoms with van der Waals surface area (Å²) in [7, 11) is -2.78. The quantitative estimate of drug-likeness (QED) is 0.213. The number of rotatable bonds is 4. The van der Waals surface area contributed by atoms with Crippen LogP contribution in [-0.2, 0) is 23.6 Å². The Kier molecular flexibility index (Phi) is 6.09. The molecule has 5 nitrogen and oxygen atoms in total. The molecule has 0 saturated carbocycles. The molecule has 0 spiro atoms. The molecular weight excluding hydrogens is 298 g/mol. The third-order valence-electron chi connectivity index (χ3n) is 1.96. The van der Waals surface area contributed by atoms with Crippen LogP contribution in [0.25, 0.3) is 0 Å². The van der Waals surface area contributed by atoms with Crippen molar-refractivity contribution in [2.45, 2.75) is 18.7 Å². The van der Waals surface area contributed by atoms with Crippen molar-refractivity contribution in [2.24, 2.45) is 5.16 Å². The zero-order valence-corrected chi connectivity index (χ0v) is 13.3. The van der Waals surface area contributed by atoms with E-state index in [1.807, 2.05) is 31.2 Å². The zero-order chi connectivity index (χ0) is 15.2. The monoisotopic (exact) mass is 315 g/mol. The van der Waals surface area contributed by atoms with Crippen molar-refractivity contribution in [1.82, 2.24) is 0 Å². The standard InChI is InChI=1S/C13H17NO4S2/c1-5-17-13(15)12(14-18-20(3,4)16)19-11-8-6-10(2)7-9-11/h6-9H,3,5H2,1-2,4H3/b14-12-. The third kappa shape index (κ3) is 6.12. The van der Waals surface area contributed by atoms with Crippen LogP contribution in [0.15, 0.2) is 34.3 Å². The molecule has 7 heteroatoms. The van der Waals surface area contributed by atoms with Gasteiger partial charge in [-0.1, -0.05) is 34.6 Å². The van der Waals surface area contributed by atoms with Crippen molar-refractivity contribution in [3.63, 3.8) is 0 Å². The number of nitrogens with zero attached hydrogens (tertiary/aromatic N) is 1. The van der Waals surface area contributed by atoms with Crippen molar-refractivity contribution >= 4 is 38.4 Å². The molecule has 1 rings (SSSR count). The van der Waals surface area contributed by atoms with E-state index < -0.39 is 15.8 Å². The summed E-state index contributed by atoms with van der Waals surface area (Å²) in [6.07, 6.45) is 1.29. The van der Waals surface area contributed by atoms with E-state index in [1.165, 1.54) is 6.26 Å². The minimum absolute atomic E-state index is 0.0195. The highest BCUT2D eigenvalue weighted by Gasteiger charge is 2.16. The fraction of sp³-hybridized carbons (Fsp3) is 0.308. The molecule has 0 aliphatic rings. The molecule has 1 aromatic carbocycles. The van der Waals surface area contributed by atoms with E-state index >= 15 is 0 Å². The highest BCUT2D eigenvalue weighted by Crippen LogP contribution is 2.21. The Bertz CT molecular complexity index is 591. The number of thioether (sulfide) groups is 1. The third-order valence-corrected chi connectivity index (χ3v) is 3.30. The van der Waals surface area contributed by atoms with Crippen LogP contribution in [0, 0.1) is 6.92 Å². The molecular formula is C13H17NO4S2. The Morgan fingerprint density at radius 2 is 2.00 bits per heavy atom. The summed E-state index contributed by atoms with van der Waals surface area (Å²) in [6.45, 7) is 3.88. The first-order chi connectivity index (χ1) is 9.31. The van der Waals surface area contributed by atoms with Crippen LogP contribution in [0.4, 0.5) is 0 Å². The first-order valence-electron chi connectivity index (χ1n) is 5.82. The molecule has 1 unspecified atom stereocenters. The number of hydrogen-bond donors (Lipinski definition) is 0. The van der Waals surface area contributed by atoms with Gasteiger partial charge >= 0.3 is 5.97 Å². The maximum Gasteiger partial charge on any atom is 0.367 e. The first-order valence-corrected chi connectivity index (χ1v) is 8.70. The summed E-state index contributed by atoms with van der Waals surface area (Å²) >= 11 is 1.08. The highest BCUT2D eigenvalue weighted by molar-refractivity contribution is 8.15. The first kappa shape index (κ1) is 16.6. The predicted octanol–water partition coefficient (Wildman–Crippen LogP) is 2.24. The molecule has 0 radical (unpaired) electrons. The van der Waals surface area contributed by atoms with Gasteiger partial charge in [-0.25, -0.2) is 9.00 Å². The van der Waals surface area contributed by atoms with Gasteiger partial charge < -0.3 is 9.02 Å². The van der Waals surface area contributed by atoms with Crippen LogP contribution in [0.5, 0.6) is 0 Å². The van der Waals surface area contributed by atoms with E-state index in [9.17, 15) is 9.00 Å². The molecule has 0 amide bonds. The molecule has 0 heterocycles. The van der Waals surface area contributed by atoms with Gasteiger partial charge in [0.2, 0.25) is 5.04 Å². The lowest BCUT2D eigenvalue weighted by Gasteiger charge is -2.06. The van der Waals surface area contributed by atoms with Crippen LogP contribution in [0.1, 0.15) is 12.5 Å². The highest BCUT2D eigenvalue weighted by atomic mass is 32.2. The van der Waals surface area contributed by atoms with Crippen molar-refractivity contribution in [3.05, 3.63) is 29.8 Å². The predicted molar refractivity (Wildman–Crippen MR) is 83.4 cm³/mol. The fourth-order valence-electron chi connectivity index (χ4n) is 1.12. The lowest BCUT2D eigenvalue weighted by Crippen LogP contribution is -2.15. The Morgan fingerprint density at radius 3 is 2.50 bits per heavy atom. The van der Waals surface area contributed by atoms with E-state index in [1.54, 1.807) is 6.92 Å². The summed E-state index contributed by atoms with van der Waals surface area (Å²) in [5.41, 5.74) is 1.11. The molecule has 1 atom stereocenters. The lowest BCUT2D eigenvalue weighted by molar-refractivity contribution is -0.134. The van der Waals surface area contributed by atoms with Gasteiger partial charge in [0.05, 0.1) is 6.61 Å². The number of hydrogen-bond acceptors (Lipinski definition) is 6. The van der Waals surface area contributed by atoms with Crippen LogP contribution >= 0.6 is 11.8 Å². The molecule has 0 fully saturated rings. The molecule has 0 N–H and O–H groups in total. The summed E-state index contributed by atoms with van der Waals surface area (Å²) in [5, 5.41) is 3.58. The summed E-state index contributed by atoms with van der Waals surface area (Å²) in [4.78, 5) is 12.6. The van der Waals surface area contributed by atoms with Crippen LogP contribution in [-0.4, -0.2) is 34.0 Å². The minimum atomic E-state index is -2.78. The van der Waals surface area contributed by atoms with E-state index in [0.717, 1.165) is 22.2 Å². The van der Waals surface area contributed by atoms with E-state index in [0.29, 0.717) is 0 Å². The topological polar surface area (TPSA) is 65.0 Å². The summed E-state index contributed by atoms with van der Waals surface area (Å²) < 4.78 is 21.0. The van der Waals surface area contributed by atoms with Crippen LogP contribution in [0.2, 0.25) is 0 Å². The van der Waals surface area contributed by atoms with E-state index in [-0.39, 0.29) is 11.7 Å². The van der Waals surface area contributed by atoms with Gasteiger partial charge in [-0.3, -0.25) is 0 Å². The smallest absolute Gasteiger partial charge is 0.367 e. The Morgan fingerprint density at radius 1 is 1.40 bits per heavy atom. The number of oxime groups is 1. The zero-order valence-electron chi connectivity index (χ0n) is 11.6. The molecule has 1 aromatic rings. The van der Waals surface area contributed by atoms with Gasteiger partial charge in [-0.2, -0.15) is 0 Å².